The van der Waals surface area contributed by atoms with E-state index >= 15 is 0 Å². The molecule has 0 saturated carbocycles. The van der Waals surface area contributed by atoms with Crippen molar-refractivity contribution in [2.24, 2.45) is 0 Å². The van der Waals surface area contributed by atoms with Crippen LogP contribution >= 0.6 is 0 Å². The minimum absolute atomic E-state index is 0.169. The molecule has 0 radical (unpaired) electrons. The molecule has 0 aliphatic carbocycles. The van der Waals surface area contributed by atoms with Crippen LogP contribution < -0.4 is 16.4 Å². The van der Waals surface area contributed by atoms with Crippen molar-refractivity contribution in [3.63, 3.8) is 0 Å². The van der Waals surface area contributed by atoms with Gasteiger partial charge in [0.1, 0.15) is 6.54 Å². The normalized spacial score (nSPS) is 10.3. The van der Waals surface area contributed by atoms with E-state index in [2.05, 4.69) is 10.9 Å². The minimum atomic E-state index is -0.488. The Labute approximate surface area is 137 Å². The SMILES string of the molecule is O=C(Cn1ccccc1=O)NNC(=O)c1ccc2ccccc2c1. The fraction of sp³-hybridized carbons (Fsp3) is 0.0556. The first kappa shape index (κ1) is 15.5. The topological polar surface area (TPSA) is 80.2 Å². The standard InChI is InChI=1S/C18H15N3O3/c22-16(12-21-10-4-3-7-17(21)23)19-20-18(24)15-9-8-13-5-1-2-6-14(13)11-15/h1-11H,12H2,(H,19,22)(H,20,24). The monoisotopic (exact) mass is 321 g/mol. The number of pyridine rings is 1. The van der Waals surface area contributed by atoms with Gasteiger partial charge >= 0.3 is 0 Å². The molecule has 2 N–H and O–H groups in total. The third kappa shape index (κ3) is 3.49. The molecule has 0 fully saturated rings. The van der Waals surface area contributed by atoms with Gasteiger partial charge in [-0.15, -0.1) is 0 Å². The molecule has 2 amide bonds. The zero-order valence-corrected chi connectivity index (χ0v) is 12.7. The van der Waals surface area contributed by atoms with Gasteiger partial charge in [0.25, 0.3) is 17.4 Å². The van der Waals surface area contributed by atoms with E-state index in [0.717, 1.165) is 10.8 Å². The molecule has 1 heterocycles. The molecule has 120 valence electrons. The molecule has 3 rings (SSSR count). The first-order valence-corrected chi connectivity index (χ1v) is 7.37. The van der Waals surface area contributed by atoms with Crippen molar-refractivity contribution in [2.45, 2.75) is 6.54 Å². The number of carbonyl (C=O) groups is 2. The van der Waals surface area contributed by atoms with Crippen LogP contribution in [0.25, 0.3) is 10.8 Å². The Morgan fingerprint density at radius 2 is 1.62 bits per heavy atom. The van der Waals surface area contributed by atoms with E-state index in [-0.39, 0.29) is 12.1 Å². The van der Waals surface area contributed by atoms with Crippen LogP contribution in [0.5, 0.6) is 0 Å². The Hall–Kier alpha value is -3.41. The number of aromatic nitrogens is 1. The molecule has 6 heteroatoms. The van der Waals surface area contributed by atoms with Crippen molar-refractivity contribution in [2.75, 3.05) is 0 Å². The molecule has 3 aromatic rings. The van der Waals surface area contributed by atoms with E-state index < -0.39 is 11.8 Å². The second kappa shape index (κ2) is 6.78. The van der Waals surface area contributed by atoms with E-state index in [4.69, 9.17) is 0 Å². The third-order valence-electron chi connectivity index (χ3n) is 3.54. The number of nitrogens with one attached hydrogen (secondary N) is 2. The van der Waals surface area contributed by atoms with Crippen molar-refractivity contribution >= 4 is 22.6 Å². The summed E-state index contributed by atoms with van der Waals surface area (Å²) in [7, 11) is 0. The first-order valence-electron chi connectivity index (χ1n) is 7.37. The maximum Gasteiger partial charge on any atom is 0.269 e. The van der Waals surface area contributed by atoms with Gasteiger partial charge in [-0.3, -0.25) is 25.2 Å². The zero-order valence-electron chi connectivity index (χ0n) is 12.7. The highest BCUT2D eigenvalue weighted by molar-refractivity contribution is 5.99. The summed E-state index contributed by atoms with van der Waals surface area (Å²) in [6.45, 7) is -0.169. The number of hydrogen-bond acceptors (Lipinski definition) is 3. The van der Waals surface area contributed by atoms with Gasteiger partial charge < -0.3 is 4.57 Å². The zero-order chi connectivity index (χ0) is 16.9. The summed E-state index contributed by atoms with van der Waals surface area (Å²) in [4.78, 5) is 35.5. The third-order valence-corrected chi connectivity index (χ3v) is 3.54. The number of benzene rings is 2. The maximum atomic E-state index is 12.1. The van der Waals surface area contributed by atoms with Crippen LogP contribution in [0.2, 0.25) is 0 Å². The molecular formula is C18H15N3O3. The molecule has 6 nitrogen and oxygen atoms in total. The van der Waals surface area contributed by atoms with Crippen molar-refractivity contribution in [3.8, 4) is 0 Å². The molecule has 0 atom stereocenters. The van der Waals surface area contributed by atoms with Crippen LogP contribution in [0, 0.1) is 0 Å². The smallest absolute Gasteiger partial charge is 0.269 e. The van der Waals surface area contributed by atoms with Gasteiger partial charge in [-0.05, 0) is 29.0 Å². The van der Waals surface area contributed by atoms with Gasteiger partial charge in [0.15, 0.2) is 0 Å². The summed E-state index contributed by atoms with van der Waals surface area (Å²) in [6.07, 6.45) is 1.51. The number of hydrogen-bond donors (Lipinski definition) is 2. The molecule has 0 saturated heterocycles. The van der Waals surface area contributed by atoms with Crippen LogP contribution in [0.3, 0.4) is 0 Å². The molecule has 0 spiro atoms. The molecule has 2 aromatic carbocycles. The highest BCUT2D eigenvalue weighted by Crippen LogP contribution is 2.15. The minimum Gasteiger partial charge on any atom is -0.306 e. The van der Waals surface area contributed by atoms with Crippen molar-refractivity contribution in [1.82, 2.24) is 15.4 Å². The second-order valence-corrected chi connectivity index (χ2v) is 5.23. The second-order valence-electron chi connectivity index (χ2n) is 5.23. The highest BCUT2D eigenvalue weighted by Gasteiger charge is 2.09. The molecular weight excluding hydrogens is 306 g/mol. The molecule has 0 unspecified atom stereocenters. The Morgan fingerprint density at radius 3 is 2.42 bits per heavy atom. The van der Waals surface area contributed by atoms with Gasteiger partial charge in [-0.25, -0.2) is 0 Å². The van der Waals surface area contributed by atoms with Gasteiger partial charge in [0.2, 0.25) is 0 Å². The first-order chi connectivity index (χ1) is 11.6. The lowest BCUT2D eigenvalue weighted by atomic mass is 10.1. The Morgan fingerprint density at radius 1 is 0.875 bits per heavy atom. The van der Waals surface area contributed by atoms with E-state index in [1.54, 1.807) is 24.3 Å². The van der Waals surface area contributed by atoms with Crippen LogP contribution in [0.15, 0.2) is 71.7 Å². The molecule has 0 aliphatic rings. The highest BCUT2D eigenvalue weighted by atomic mass is 16.2. The van der Waals surface area contributed by atoms with Crippen LogP contribution in [0.4, 0.5) is 0 Å². The Kier molecular flexibility index (Phi) is 4.38. The lowest BCUT2D eigenvalue weighted by Gasteiger charge is -2.09. The summed E-state index contributed by atoms with van der Waals surface area (Å²) in [5, 5.41) is 1.97. The molecule has 24 heavy (non-hydrogen) atoms. The number of rotatable bonds is 3. The summed E-state index contributed by atoms with van der Waals surface area (Å²) in [5.41, 5.74) is 4.81. The fourth-order valence-electron chi connectivity index (χ4n) is 2.31. The van der Waals surface area contributed by atoms with E-state index in [0.29, 0.717) is 5.56 Å². The van der Waals surface area contributed by atoms with Crippen molar-refractivity contribution in [3.05, 3.63) is 82.8 Å². The number of amides is 2. The lowest BCUT2D eigenvalue weighted by Crippen LogP contribution is -2.44. The average Bonchev–Trinajstić information content (AvgIpc) is 2.61. The summed E-state index contributed by atoms with van der Waals surface area (Å²) < 4.78 is 1.25. The number of fused-ring (bicyclic) bond motifs is 1. The molecule has 1 aromatic heterocycles. The largest absolute Gasteiger partial charge is 0.306 e. The van der Waals surface area contributed by atoms with Crippen LogP contribution in [0.1, 0.15) is 10.4 Å². The molecule has 0 bridgehead atoms. The van der Waals surface area contributed by atoms with Crippen LogP contribution in [-0.4, -0.2) is 16.4 Å². The summed E-state index contributed by atoms with van der Waals surface area (Å²) in [6, 6.07) is 17.6. The summed E-state index contributed by atoms with van der Waals surface area (Å²) >= 11 is 0. The van der Waals surface area contributed by atoms with Gasteiger partial charge in [-0.2, -0.15) is 0 Å². The van der Waals surface area contributed by atoms with Gasteiger partial charge in [0, 0.05) is 17.8 Å². The number of hydrazine groups is 1. The Balaban J connectivity index is 1.63. The van der Waals surface area contributed by atoms with Gasteiger partial charge in [-0.1, -0.05) is 36.4 Å². The van der Waals surface area contributed by atoms with Gasteiger partial charge in [0.05, 0.1) is 0 Å². The number of nitrogens with zero attached hydrogens (tertiary/aromatic N) is 1. The predicted molar refractivity (Wildman–Crippen MR) is 90.3 cm³/mol. The maximum absolute atomic E-state index is 12.1. The van der Waals surface area contributed by atoms with E-state index in [1.165, 1.54) is 16.8 Å². The fourth-order valence-corrected chi connectivity index (χ4v) is 2.31. The van der Waals surface area contributed by atoms with E-state index in [9.17, 15) is 14.4 Å². The average molecular weight is 321 g/mol. The van der Waals surface area contributed by atoms with E-state index in [1.807, 2.05) is 30.3 Å². The van der Waals surface area contributed by atoms with Crippen LogP contribution in [-0.2, 0) is 11.3 Å². The number of carbonyl (C=O) groups excluding carboxylic acids is 2. The van der Waals surface area contributed by atoms with Crippen molar-refractivity contribution in [1.29, 1.82) is 0 Å². The lowest BCUT2D eigenvalue weighted by molar-refractivity contribution is -0.122. The predicted octanol–water partition coefficient (Wildman–Crippen LogP) is 1.46. The summed E-state index contributed by atoms with van der Waals surface area (Å²) in [5.74, 6) is -0.910. The van der Waals surface area contributed by atoms with Crippen molar-refractivity contribution < 1.29 is 9.59 Å². The molecule has 0 aliphatic heterocycles. The Bertz CT molecular complexity index is 963. The quantitative estimate of drug-likeness (QED) is 0.717.